The molecule has 2 nitrogen and oxygen atoms in total. The summed E-state index contributed by atoms with van der Waals surface area (Å²) in [6.07, 6.45) is 0. The lowest BCUT2D eigenvalue weighted by atomic mass is 10.2. The van der Waals surface area contributed by atoms with E-state index in [1.54, 1.807) is 19.1 Å². The van der Waals surface area contributed by atoms with Crippen molar-refractivity contribution in [2.75, 3.05) is 6.61 Å². The molecular formula is C9H13ClMgO2. The molecule has 1 rings (SSSR count). The number of hydrogen-bond donors (Lipinski definition) is 0. The fourth-order valence-electron chi connectivity index (χ4n) is 0.789. The molecule has 0 aromatic heterocycles. The molecule has 0 heterocycles. The largest absolute Gasteiger partial charge is 0.462 e. The summed E-state index contributed by atoms with van der Waals surface area (Å²) in [5.74, 6) is -0.256. The Balaban J connectivity index is 0. The van der Waals surface area contributed by atoms with Crippen molar-refractivity contribution in [3.63, 3.8) is 0 Å². The van der Waals surface area contributed by atoms with Crippen LogP contribution in [-0.4, -0.2) is 35.6 Å². The van der Waals surface area contributed by atoms with E-state index in [2.05, 4.69) is 0 Å². The maximum atomic E-state index is 11.0. The maximum Gasteiger partial charge on any atom is 0.338 e. The van der Waals surface area contributed by atoms with Crippen LogP contribution in [0, 0.1) is 0 Å². The molecule has 0 saturated carbocycles. The zero-order chi connectivity index (χ0) is 8.10. The van der Waals surface area contributed by atoms with Gasteiger partial charge < -0.3 is 4.74 Å². The van der Waals surface area contributed by atoms with Crippen LogP contribution in [0.4, 0.5) is 0 Å². The predicted octanol–water partition coefficient (Wildman–Crippen LogP) is 1.37. The quantitative estimate of drug-likeness (QED) is 0.547. The summed E-state index contributed by atoms with van der Waals surface area (Å²) in [6.45, 7) is 2.22. The van der Waals surface area contributed by atoms with Crippen molar-refractivity contribution in [3.8, 4) is 0 Å². The van der Waals surface area contributed by atoms with E-state index < -0.39 is 0 Å². The summed E-state index contributed by atoms with van der Waals surface area (Å²) in [4.78, 5) is 11.0. The second-order valence-electron chi connectivity index (χ2n) is 2.09. The molecule has 0 fully saturated rings. The van der Waals surface area contributed by atoms with Gasteiger partial charge in [-0.1, -0.05) is 18.2 Å². The molecule has 0 spiro atoms. The van der Waals surface area contributed by atoms with Gasteiger partial charge in [-0.2, -0.15) is 0 Å². The standard InChI is InChI=1S/C9H10O2.ClH.Mg.2H/c1-2-11-9(10)8-6-4-3-5-7-8;;;;/h3-7H,2H2,1H3;1H;;;. The average Bonchev–Trinajstić information content (AvgIpc) is 2.07. The van der Waals surface area contributed by atoms with Crippen LogP contribution >= 0.6 is 12.4 Å². The molecule has 13 heavy (non-hydrogen) atoms. The fraction of sp³-hybridized carbons (Fsp3) is 0.222. The van der Waals surface area contributed by atoms with Crippen LogP contribution in [-0.2, 0) is 4.74 Å². The van der Waals surface area contributed by atoms with Gasteiger partial charge in [0.15, 0.2) is 0 Å². The van der Waals surface area contributed by atoms with Crippen LogP contribution in [0.3, 0.4) is 0 Å². The van der Waals surface area contributed by atoms with E-state index in [9.17, 15) is 4.79 Å². The number of rotatable bonds is 2. The predicted molar refractivity (Wildman–Crippen MR) is 58.2 cm³/mol. The minimum Gasteiger partial charge on any atom is -0.462 e. The van der Waals surface area contributed by atoms with E-state index in [1.807, 2.05) is 18.2 Å². The lowest BCUT2D eigenvalue weighted by Gasteiger charge is -1.99. The van der Waals surface area contributed by atoms with E-state index >= 15 is 0 Å². The Morgan fingerprint density at radius 2 is 1.85 bits per heavy atom. The molecule has 0 amide bonds. The summed E-state index contributed by atoms with van der Waals surface area (Å²) in [7, 11) is 0. The highest BCUT2D eigenvalue weighted by Crippen LogP contribution is 1.99. The van der Waals surface area contributed by atoms with Gasteiger partial charge in [0.2, 0.25) is 0 Å². The van der Waals surface area contributed by atoms with Crippen molar-refractivity contribution in [1.82, 2.24) is 0 Å². The van der Waals surface area contributed by atoms with Gasteiger partial charge in [0.1, 0.15) is 0 Å². The zero-order valence-electron chi connectivity index (χ0n) is 6.82. The molecule has 0 aliphatic rings. The highest BCUT2D eigenvalue weighted by molar-refractivity contribution is 5.89. The third-order valence-corrected chi connectivity index (χ3v) is 1.28. The van der Waals surface area contributed by atoms with E-state index in [4.69, 9.17) is 4.74 Å². The molecule has 70 valence electrons. The van der Waals surface area contributed by atoms with Crippen LogP contribution in [0.5, 0.6) is 0 Å². The number of benzene rings is 1. The third kappa shape index (κ3) is 5.13. The van der Waals surface area contributed by atoms with Crippen molar-refractivity contribution in [3.05, 3.63) is 35.9 Å². The summed E-state index contributed by atoms with van der Waals surface area (Å²) in [6, 6.07) is 8.96. The smallest absolute Gasteiger partial charge is 0.338 e. The fourth-order valence-corrected chi connectivity index (χ4v) is 0.789. The second kappa shape index (κ2) is 8.35. The van der Waals surface area contributed by atoms with E-state index in [1.165, 1.54) is 0 Å². The number of ether oxygens (including phenoxy) is 1. The molecule has 1 aromatic rings. The van der Waals surface area contributed by atoms with E-state index in [-0.39, 0.29) is 41.4 Å². The molecule has 0 atom stereocenters. The highest BCUT2D eigenvalue weighted by atomic mass is 35.5. The van der Waals surface area contributed by atoms with Gasteiger partial charge in [0.05, 0.1) is 12.2 Å². The first-order chi connectivity index (χ1) is 5.34. The number of esters is 1. The first kappa shape index (κ1) is 15.2. The van der Waals surface area contributed by atoms with Crippen LogP contribution < -0.4 is 0 Å². The third-order valence-electron chi connectivity index (χ3n) is 1.28. The average molecular weight is 213 g/mol. The molecule has 0 radical (unpaired) electrons. The number of carbonyl (C=O) groups excluding carboxylic acids is 1. The topological polar surface area (TPSA) is 26.3 Å². The Labute approximate surface area is 100 Å². The van der Waals surface area contributed by atoms with Crippen LogP contribution in [0.2, 0.25) is 0 Å². The molecule has 0 saturated heterocycles. The van der Waals surface area contributed by atoms with Crippen LogP contribution in [0.15, 0.2) is 30.3 Å². The van der Waals surface area contributed by atoms with Crippen molar-refractivity contribution in [1.29, 1.82) is 0 Å². The van der Waals surface area contributed by atoms with Gasteiger partial charge in [-0.05, 0) is 19.1 Å². The second-order valence-corrected chi connectivity index (χ2v) is 2.09. The van der Waals surface area contributed by atoms with Crippen molar-refractivity contribution < 1.29 is 9.53 Å². The van der Waals surface area contributed by atoms with Crippen molar-refractivity contribution in [2.24, 2.45) is 0 Å². The molecular weight excluding hydrogens is 200 g/mol. The summed E-state index contributed by atoms with van der Waals surface area (Å²) in [5.41, 5.74) is 0.606. The molecule has 0 aliphatic heterocycles. The van der Waals surface area contributed by atoms with E-state index in [0.717, 1.165) is 0 Å². The van der Waals surface area contributed by atoms with Crippen molar-refractivity contribution >= 4 is 41.4 Å². The summed E-state index contributed by atoms with van der Waals surface area (Å²) < 4.78 is 4.79. The van der Waals surface area contributed by atoms with E-state index in [0.29, 0.717) is 12.2 Å². The summed E-state index contributed by atoms with van der Waals surface area (Å²) >= 11 is 0. The van der Waals surface area contributed by atoms with Gasteiger partial charge in [-0.3, -0.25) is 0 Å². The molecule has 1 aromatic carbocycles. The molecule has 0 N–H and O–H groups in total. The number of hydrogen-bond acceptors (Lipinski definition) is 2. The molecule has 0 bridgehead atoms. The number of halogens is 1. The van der Waals surface area contributed by atoms with Gasteiger partial charge in [-0.15, -0.1) is 12.4 Å². The minimum absolute atomic E-state index is 0. The summed E-state index contributed by atoms with van der Waals surface area (Å²) in [5, 5.41) is 0. The monoisotopic (exact) mass is 212 g/mol. The lowest BCUT2D eigenvalue weighted by Crippen LogP contribution is -2.03. The normalized spacial score (nSPS) is 7.77. The minimum atomic E-state index is -0.256. The Morgan fingerprint density at radius 1 is 1.31 bits per heavy atom. The highest BCUT2D eigenvalue weighted by Gasteiger charge is 2.02. The molecule has 0 aliphatic carbocycles. The van der Waals surface area contributed by atoms with Gasteiger partial charge in [0.25, 0.3) is 0 Å². The molecule has 0 unspecified atom stereocenters. The first-order valence-electron chi connectivity index (χ1n) is 3.56. The Hall–Kier alpha value is -0.254. The van der Waals surface area contributed by atoms with Crippen molar-refractivity contribution in [2.45, 2.75) is 6.92 Å². The molecule has 4 heteroatoms. The van der Waals surface area contributed by atoms with Gasteiger partial charge in [-0.25, -0.2) is 4.79 Å². The Morgan fingerprint density at radius 3 is 2.31 bits per heavy atom. The van der Waals surface area contributed by atoms with Gasteiger partial charge in [0, 0.05) is 0 Å². The SMILES string of the molecule is CCOC(=O)c1ccccc1.Cl.[MgH2]. The zero-order valence-corrected chi connectivity index (χ0v) is 7.64. The van der Waals surface area contributed by atoms with Crippen LogP contribution in [0.1, 0.15) is 17.3 Å². The Bertz CT molecular complexity index is 239. The maximum absolute atomic E-state index is 11.0. The Kier molecular flexibility index (Phi) is 9.78. The van der Waals surface area contributed by atoms with Crippen LogP contribution in [0.25, 0.3) is 0 Å². The number of carbonyl (C=O) groups is 1. The lowest BCUT2D eigenvalue weighted by molar-refractivity contribution is 0.0526. The first-order valence-corrected chi connectivity index (χ1v) is 3.56. The van der Waals surface area contributed by atoms with Gasteiger partial charge >= 0.3 is 29.0 Å².